The molecule has 2 amide bonds. The summed E-state index contributed by atoms with van der Waals surface area (Å²) in [6, 6.07) is 8.86. The molecule has 1 aliphatic heterocycles. The van der Waals surface area contributed by atoms with Crippen molar-refractivity contribution in [1.29, 1.82) is 0 Å². The van der Waals surface area contributed by atoms with Crippen molar-refractivity contribution in [3.8, 4) is 0 Å². The first-order chi connectivity index (χ1) is 13.2. The highest BCUT2D eigenvalue weighted by Crippen LogP contribution is 2.24. The fourth-order valence-electron chi connectivity index (χ4n) is 2.57. The molecule has 148 valence electrons. The molecule has 11 heteroatoms. The minimum Gasteiger partial charge on any atom is -0.271 e. The summed E-state index contributed by atoms with van der Waals surface area (Å²) in [5.41, 5.74) is 5.12. The number of hydrogen-bond donors (Lipinski definition) is 3. The Labute approximate surface area is 174 Å². The Bertz CT molecular complexity index is 1060. The van der Waals surface area contributed by atoms with Crippen LogP contribution in [0.3, 0.4) is 0 Å². The van der Waals surface area contributed by atoms with E-state index >= 15 is 0 Å². The van der Waals surface area contributed by atoms with Gasteiger partial charge in [-0.1, -0.05) is 26.0 Å². The van der Waals surface area contributed by atoms with Gasteiger partial charge in [0.25, 0.3) is 21.8 Å². The summed E-state index contributed by atoms with van der Waals surface area (Å²) in [6.45, 7) is 3.56. The maximum atomic E-state index is 12.6. The predicted octanol–water partition coefficient (Wildman–Crippen LogP) is 2.03. The highest BCUT2D eigenvalue weighted by atomic mass is 79.9. The lowest BCUT2D eigenvalue weighted by molar-refractivity contribution is -0.123. The monoisotopic (exact) mass is 484 g/mol. The fourth-order valence-corrected chi connectivity index (χ4v) is 5.09. The van der Waals surface area contributed by atoms with Gasteiger partial charge in [0, 0.05) is 5.56 Å². The van der Waals surface area contributed by atoms with Gasteiger partial charge in [-0.2, -0.15) is 0 Å². The molecular formula is C17H17BrN4O4S2. The minimum atomic E-state index is -3.70. The molecule has 0 aliphatic carbocycles. The molecule has 0 saturated heterocycles. The Morgan fingerprint density at radius 3 is 2.50 bits per heavy atom. The predicted molar refractivity (Wildman–Crippen MR) is 110 cm³/mol. The van der Waals surface area contributed by atoms with Crippen LogP contribution < -0.4 is 15.6 Å². The van der Waals surface area contributed by atoms with Crippen molar-refractivity contribution in [3.05, 3.63) is 50.6 Å². The van der Waals surface area contributed by atoms with E-state index in [-0.39, 0.29) is 16.6 Å². The van der Waals surface area contributed by atoms with Crippen LogP contribution in [0.5, 0.6) is 0 Å². The van der Waals surface area contributed by atoms with Gasteiger partial charge in [-0.05, 0) is 46.1 Å². The van der Waals surface area contributed by atoms with Gasteiger partial charge < -0.3 is 0 Å². The number of carbonyl (C=O) groups is 2. The van der Waals surface area contributed by atoms with Gasteiger partial charge in [-0.3, -0.25) is 30.2 Å². The molecule has 0 unspecified atom stereocenters. The molecular weight excluding hydrogens is 468 g/mol. The first-order valence-electron chi connectivity index (χ1n) is 8.24. The van der Waals surface area contributed by atoms with Gasteiger partial charge in [0.1, 0.15) is 11.9 Å². The molecule has 3 rings (SSSR count). The molecule has 0 spiro atoms. The van der Waals surface area contributed by atoms with Crippen molar-refractivity contribution < 1.29 is 18.0 Å². The zero-order valence-corrected chi connectivity index (χ0v) is 18.1. The van der Waals surface area contributed by atoms with Crippen molar-refractivity contribution in [1.82, 2.24) is 15.6 Å². The third kappa shape index (κ3) is 4.26. The lowest BCUT2D eigenvalue weighted by Crippen LogP contribution is -2.47. The van der Waals surface area contributed by atoms with E-state index in [1.807, 2.05) is 0 Å². The van der Waals surface area contributed by atoms with Crippen LogP contribution in [-0.2, 0) is 14.8 Å². The molecule has 0 bridgehead atoms. The lowest BCUT2D eigenvalue weighted by Gasteiger charge is -2.17. The summed E-state index contributed by atoms with van der Waals surface area (Å²) in [5, 5.41) is 0. The molecule has 28 heavy (non-hydrogen) atoms. The number of fused-ring (bicyclic) bond motifs is 1. The normalized spacial score (nSPS) is 17.1. The van der Waals surface area contributed by atoms with Crippen LogP contribution >= 0.6 is 27.3 Å². The molecule has 0 saturated carbocycles. The van der Waals surface area contributed by atoms with Gasteiger partial charge in [0.15, 0.2) is 0 Å². The number of benzene rings is 1. The highest BCUT2D eigenvalue weighted by molar-refractivity contribution is 9.11. The van der Waals surface area contributed by atoms with Crippen LogP contribution in [0.2, 0.25) is 0 Å². The third-order valence-electron chi connectivity index (χ3n) is 3.93. The second-order valence-corrected chi connectivity index (χ2v) is 10.4. The number of aliphatic imine (C=N–C) groups is 1. The van der Waals surface area contributed by atoms with Crippen LogP contribution in [0, 0.1) is 5.92 Å². The number of hydrogen-bond acceptors (Lipinski definition) is 6. The Morgan fingerprint density at radius 1 is 1.14 bits per heavy atom. The first-order valence-corrected chi connectivity index (χ1v) is 11.3. The molecule has 2 aromatic rings. The number of thiophene rings is 1. The number of halogens is 1. The summed E-state index contributed by atoms with van der Waals surface area (Å²) in [7, 11) is -3.70. The molecule has 0 radical (unpaired) electrons. The molecule has 2 heterocycles. The van der Waals surface area contributed by atoms with Gasteiger partial charge in [0.05, 0.1) is 13.6 Å². The molecule has 1 atom stereocenters. The summed E-state index contributed by atoms with van der Waals surface area (Å²) in [5.74, 6) is -1.13. The molecule has 3 N–H and O–H groups in total. The Morgan fingerprint density at radius 2 is 1.86 bits per heavy atom. The van der Waals surface area contributed by atoms with E-state index in [0.717, 1.165) is 3.79 Å². The zero-order chi connectivity index (χ0) is 20.5. The topological polar surface area (TPSA) is 117 Å². The number of carbonyl (C=O) groups excluding carboxylic acids is 2. The van der Waals surface area contributed by atoms with Crippen LogP contribution in [0.1, 0.15) is 29.1 Å². The SMILES string of the molecule is CC(C)[C@H](N=C1NS(=O)(=O)c2ccccc21)C(=O)NNC(=O)c1ccc(Br)s1. The quantitative estimate of drug-likeness (QED) is 0.575. The highest BCUT2D eigenvalue weighted by Gasteiger charge is 2.32. The van der Waals surface area contributed by atoms with E-state index in [1.165, 1.54) is 17.4 Å². The maximum Gasteiger partial charge on any atom is 0.279 e. The Kier molecular flexibility index (Phi) is 5.87. The van der Waals surface area contributed by atoms with Crippen LogP contribution in [-0.4, -0.2) is 32.1 Å². The first kappa shape index (κ1) is 20.5. The molecule has 0 fully saturated rings. The van der Waals surface area contributed by atoms with Crippen molar-refractivity contribution in [2.75, 3.05) is 0 Å². The van der Waals surface area contributed by atoms with Crippen LogP contribution in [0.25, 0.3) is 0 Å². The molecule has 1 aromatic heterocycles. The number of rotatable bonds is 4. The minimum absolute atomic E-state index is 0.109. The van der Waals surface area contributed by atoms with E-state index in [9.17, 15) is 18.0 Å². The molecule has 8 nitrogen and oxygen atoms in total. The Balaban J connectivity index is 1.78. The third-order valence-corrected chi connectivity index (χ3v) is 6.95. The van der Waals surface area contributed by atoms with Crippen molar-refractivity contribution in [3.63, 3.8) is 0 Å². The lowest BCUT2D eigenvalue weighted by atomic mass is 10.0. The van der Waals surface area contributed by atoms with E-state index in [1.54, 1.807) is 44.2 Å². The van der Waals surface area contributed by atoms with Crippen molar-refractivity contribution in [2.45, 2.75) is 24.8 Å². The van der Waals surface area contributed by atoms with E-state index in [0.29, 0.717) is 10.4 Å². The van der Waals surface area contributed by atoms with Crippen molar-refractivity contribution in [2.24, 2.45) is 10.9 Å². The van der Waals surface area contributed by atoms with Crippen LogP contribution in [0.15, 0.2) is 50.1 Å². The average Bonchev–Trinajstić information content (AvgIpc) is 3.19. The molecule has 1 aliphatic rings. The van der Waals surface area contributed by atoms with Crippen LogP contribution in [0.4, 0.5) is 0 Å². The smallest absolute Gasteiger partial charge is 0.271 e. The number of nitrogens with zero attached hydrogens (tertiary/aromatic N) is 1. The Hall–Kier alpha value is -2.24. The summed E-state index contributed by atoms with van der Waals surface area (Å²) < 4.78 is 27.6. The van der Waals surface area contributed by atoms with E-state index in [4.69, 9.17) is 0 Å². The maximum absolute atomic E-state index is 12.6. The zero-order valence-electron chi connectivity index (χ0n) is 14.9. The number of amides is 2. The van der Waals surface area contributed by atoms with Crippen molar-refractivity contribution >= 4 is 54.9 Å². The number of hydrazine groups is 1. The summed E-state index contributed by atoms with van der Waals surface area (Å²) >= 11 is 4.50. The number of nitrogens with one attached hydrogen (secondary N) is 3. The second-order valence-electron chi connectivity index (χ2n) is 6.32. The van der Waals surface area contributed by atoms with E-state index < -0.39 is 27.9 Å². The van der Waals surface area contributed by atoms with Gasteiger partial charge in [-0.25, -0.2) is 8.42 Å². The van der Waals surface area contributed by atoms with Gasteiger partial charge >= 0.3 is 0 Å². The second kappa shape index (κ2) is 8.02. The van der Waals surface area contributed by atoms with E-state index in [2.05, 4.69) is 36.5 Å². The summed E-state index contributed by atoms with van der Waals surface area (Å²) in [4.78, 5) is 29.5. The average molecular weight is 485 g/mol. The number of amidine groups is 1. The molecule has 1 aromatic carbocycles. The van der Waals surface area contributed by atoms with Gasteiger partial charge in [0.2, 0.25) is 0 Å². The fraction of sp³-hybridized carbons (Fsp3) is 0.235. The summed E-state index contributed by atoms with van der Waals surface area (Å²) in [6.07, 6.45) is 0. The standard InChI is InChI=1S/C17H17BrN4O4S2/c1-9(2)14(17(24)21-20-16(23)11-7-8-13(18)27-11)19-15-10-5-3-4-6-12(10)28(25,26)22-15/h3-9,14H,1-2H3,(H,19,22)(H,20,23)(H,21,24)/t14-/m0/s1. The number of sulfonamides is 1. The van der Waals surface area contributed by atoms with Gasteiger partial charge in [-0.15, -0.1) is 11.3 Å². The largest absolute Gasteiger partial charge is 0.279 e.